The number of thiazole rings is 1. The zero-order chi connectivity index (χ0) is 46.1. The average molecular weight is 910 g/mol. The predicted octanol–water partition coefficient (Wildman–Crippen LogP) is -0.983. The summed E-state index contributed by atoms with van der Waals surface area (Å²) >= 11 is 0.915. The number of carbonyl (C=O) groups is 7. The molecule has 12 N–H and O–H groups in total. The van der Waals surface area contributed by atoms with Crippen molar-refractivity contribution in [2.24, 2.45) is 21.6 Å². The molecular weight excluding hydrogens is 867 g/mol. The maximum Gasteiger partial charge on any atom is 0.330 e. The van der Waals surface area contributed by atoms with Crippen LogP contribution in [0.1, 0.15) is 47.3 Å². The van der Waals surface area contributed by atoms with Crippen LogP contribution < -0.4 is 43.5 Å². The number of nitrogens with zero attached hydrogens (tertiary/aromatic N) is 5. The second kappa shape index (κ2) is 22.9. The topological polar surface area (TPSA) is 372 Å². The summed E-state index contributed by atoms with van der Waals surface area (Å²) in [6, 6.07) is 7.39. The Morgan fingerprint density at radius 1 is 1.05 bits per heavy atom. The number of benzene rings is 1. The number of nitrogens with two attached hydrogens (primary N) is 2. The molecule has 3 heterocycles. The number of fused-ring (bicyclic) bond motifs is 2. The number of nitrogens with one attached hydrogen (secondary N) is 6. The smallest absolute Gasteiger partial charge is 0.330 e. The van der Waals surface area contributed by atoms with E-state index in [1.807, 2.05) is 0 Å². The van der Waals surface area contributed by atoms with E-state index in [0.717, 1.165) is 16.2 Å². The Morgan fingerprint density at radius 3 is 2.51 bits per heavy atom. The van der Waals surface area contributed by atoms with Crippen molar-refractivity contribution in [1.82, 2.24) is 36.1 Å². The molecular formula is C37H43N13O11S2. The molecule has 0 radical (unpaired) electrons. The molecule has 6 amide bonds. The van der Waals surface area contributed by atoms with Crippen molar-refractivity contribution < 1.29 is 51.6 Å². The Kier molecular flexibility index (Phi) is 17.5. The maximum atomic E-state index is 14.0. The lowest BCUT2D eigenvalue weighted by Gasteiger charge is -2.26. The van der Waals surface area contributed by atoms with Crippen molar-refractivity contribution in [1.29, 1.82) is 0 Å². The molecule has 2 aromatic heterocycles. The summed E-state index contributed by atoms with van der Waals surface area (Å²) in [7, 11) is -3.20. The van der Waals surface area contributed by atoms with E-state index in [2.05, 4.69) is 52.1 Å². The molecule has 4 rings (SSSR count). The Morgan fingerprint density at radius 2 is 1.81 bits per heavy atom. The standard InChI is InChI=1S/C37H43N13O11S2/c1-50-26(9-6-14-41-36(38)39)34(57)43-19-30(52)47-25(16-31(53)54)33(56)48-37-45-23(20-62-37)15-29(51)46-24(35(50)58)8-4-5-13-40-32(55)22-11-12-28(42-17-22)49-44-18-21-7-2-3-10-27(21)63(59,60)61/h2-3,7,9-12,16-18,20,24H,4-6,8,13-15,19H2,1H3,(H,40,55)(H,42,49)(H,43,57)(H,46,51)(H,47,52)(H,53,54)(H4,38,39,41)(H,45,48,56)(H,59,60,61)/b25-16+,26-9-,44-18?/t24-/m1/s1. The van der Waals surface area contributed by atoms with E-state index in [-0.39, 0.29) is 76.7 Å². The van der Waals surface area contributed by atoms with E-state index in [4.69, 9.17) is 11.5 Å². The molecule has 2 bridgehead atoms. The molecule has 24 nitrogen and oxygen atoms in total. The monoisotopic (exact) mass is 909 g/mol. The van der Waals surface area contributed by atoms with E-state index >= 15 is 0 Å². The van der Waals surface area contributed by atoms with Crippen LogP contribution in [0.5, 0.6) is 0 Å². The van der Waals surface area contributed by atoms with Gasteiger partial charge in [-0.1, -0.05) is 24.3 Å². The van der Waals surface area contributed by atoms with Gasteiger partial charge in [0.05, 0.1) is 36.5 Å². The third kappa shape index (κ3) is 15.4. The fourth-order valence-electron chi connectivity index (χ4n) is 5.50. The first-order valence-electron chi connectivity index (χ1n) is 18.6. The van der Waals surface area contributed by atoms with Crippen LogP contribution in [0, 0.1) is 0 Å². The molecule has 0 saturated heterocycles. The number of carboxylic acid groups (broad SMARTS) is 1. The lowest BCUT2D eigenvalue weighted by molar-refractivity contribution is -0.136. The van der Waals surface area contributed by atoms with E-state index in [9.17, 15) is 51.6 Å². The summed E-state index contributed by atoms with van der Waals surface area (Å²) in [5.41, 5.74) is 13.0. The van der Waals surface area contributed by atoms with Crippen molar-refractivity contribution in [2.45, 2.75) is 43.0 Å². The number of amides is 6. The highest BCUT2D eigenvalue weighted by atomic mass is 32.2. The van der Waals surface area contributed by atoms with Crippen LogP contribution in [0.25, 0.3) is 0 Å². The molecule has 0 saturated carbocycles. The Labute approximate surface area is 363 Å². The fraction of sp³-hybridized carbons (Fsp3) is 0.270. The number of hydrazone groups is 1. The molecule has 63 heavy (non-hydrogen) atoms. The first kappa shape index (κ1) is 48.1. The van der Waals surface area contributed by atoms with Gasteiger partial charge >= 0.3 is 5.97 Å². The zero-order valence-corrected chi connectivity index (χ0v) is 35.0. The molecule has 1 aliphatic heterocycles. The summed E-state index contributed by atoms with van der Waals surface area (Å²) in [6.07, 6.45) is 4.63. The number of pyridine rings is 1. The second-order valence-corrected chi connectivity index (χ2v) is 15.4. The first-order valence-corrected chi connectivity index (χ1v) is 20.9. The van der Waals surface area contributed by atoms with Gasteiger partial charge < -0.3 is 42.7 Å². The number of unbranched alkanes of at least 4 members (excludes halogenated alkanes) is 1. The Balaban J connectivity index is 1.44. The van der Waals surface area contributed by atoms with E-state index in [1.54, 1.807) is 6.07 Å². The van der Waals surface area contributed by atoms with E-state index in [1.165, 1.54) is 61.2 Å². The quantitative estimate of drug-likeness (QED) is 0.0232. The van der Waals surface area contributed by atoms with Crippen LogP contribution >= 0.6 is 11.3 Å². The largest absolute Gasteiger partial charge is 0.478 e. The van der Waals surface area contributed by atoms with Gasteiger partial charge in [-0.15, -0.1) is 11.3 Å². The fourth-order valence-corrected chi connectivity index (χ4v) is 6.87. The summed E-state index contributed by atoms with van der Waals surface area (Å²) in [4.78, 5) is 103. The third-order valence-corrected chi connectivity index (χ3v) is 10.2. The van der Waals surface area contributed by atoms with Crippen molar-refractivity contribution in [2.75, 3.05) is 37.4 Å². The summed E-state index contributed by atoms with van der Waals surface area (Å²) in [5.74, 6) is -6.32. The molecule has 0 aliphatic carbocycles. The number of aromatic nitrogens is 2. The summed E-state index contributed by atoms with van der Waals surface area (Å²) in [6.45, 7) is -0.588. The minimum Gasteiger partial charge on any atom is -0.478 e. The van der Waals surface area contributed by atoms with Crippen LogP contribution in [0.3, 0.4) is 0 Å². The van der Waals surface area contributed by atoms with Gasteiger partial charge in [-0.25, -0.2) is 14.8 Å². The molecule has 1 aliphatic rings. The highest BCUT2D eigenvalue weighted by Crippen LogP contribution is 2.18. The molecule has 0 fully saturated rings. The average Bonchev–Trinajstić information content (AvgIpc) is 3.66. The van der Waals surface area contributed by atoms with Gasteiger partial charge in [0.2, 0.25) is 17.7 Å². The molecule has 0 unspecified atom stereocenters. The number of hydrogen-bond acceptors (Lipinski definition) is 15. The number of carbonyl (C=O) groups excluding carboxylic acids is 6. The number of aliphatic carboxylic acids is 1. The number of aliphatic imine (C=N–C) groups is 1. The molecule has 3 aromatic rings. The van der Waals surface area contributed by atoms with Gasteiger partial charge in [0.1, 0.15) is 28.1 Å². The highest BCUT2D eigenvalue weighted by Gasteiger charge is 2.29. The number of likely N-dealkylation sites (N-methyl/N-ethyl adjacent to an activating group) is 1. The first-order chi connectivity index (χ1) is 29.9. The summed E-state index contributed by atoms with van der Waals surface area (Å²) < 4.78 is 32.6. The van der Waals surface area contributed by atoms with E-state index in [0.29, 0.717) is 18.9 Å². The van der Waals surface area contributed by atoms with Gasteiger partial charge in [0, 0.05) is 37.3 Å². The van der Waals surface area contributed by atoms with Gasteiger partial charge in [-0.05, 0) is 43.9 Å². The zero-order valence-electron chi connectivity index (χ0n) is 33.4. The van der Waals surface area contributed by atoms with Crippen molar-refractivity contribution >= 4 is 86.0 Å². The lowest BCUT2D eigenvalue weighted by atomic mass is 10.1. The van der Waals surface area contributed by atoms with Gasteiger partial charge in [0.15, 0.2) is 11.1 Å². The lowest BCUT2D eigenvalue weighted by Crippen LogP contribution is -2.49. The third-order valence-electron chi connectivity index (χ3n) is 8.44. The number of anilines is 2. The van der Waals surface area contributed by atoms with Crippen LogP contribution in [-0.2, 0) is 45.3 Å². The minimum atomic E-state index is -4.47. The SMILES string of the molecule is CN1C(=O)[C@@H](CCCCNC(=O)c2ccc(NN=Cc3ccccc3S(=O)(=O)O)nc2)NC(=O)Cc2csc(n2)NC(=O)/C(=C\C(=O)O)NC(=O)CNC(=O)/C1=C/CCN=C(N)N. The van der Waals surface area contributed by atoms with E-state index < -0.39 is 69.8 Å². The number of guanidine groups is 1. The predicted molar refractivity (Wildman–Crippen MR) is 227 cm³/mol. The van der Waals surface area contributed by atoms with Crippen LogP contribution in [0.2, 0.25) is 0 Å². The molecule has 0 spiro atoms. The van der Waals surface area contributed by atoms with Gasteiger partial charge in [-0.3, -0.25) is 49.1 Å². The Hall–Kier alpha value is -7.58. The maximum absolute atomic E-state index is 14.0. The normalized spacial score (nSPS) is 17.0. The molecule has 26 heteroatoms. The van der Waals surface area contributed by atoms with Crippen molar-refractivity contribution in [3.8, 4) is 0 Å². The molecule has 1 aromatic carbocycles. The highest BCUT2D eigenvalue weighted by molar-refractivity contribution is 7.86. The van der Waals surface area contributed by atoms with Crippen LogP contribution in [0.4, 0.5) is 10.9 Å². The second-order valence-electron chi connectivity index (χ2n) is 13.2. The van der Waals surface area contributed by atoms with Crippen LogP contribution in [-0.4, -0.2) is 119 Å². The molecule has 334 valence electrons. The van der Waals surface area contributed by atoms with Crippen molar-refractivity contribution in [3.63, 3.8) is 0 Å². The number of rotatable bonds is 14. The number of hydrogen-bond donors (Lipinski definition) is 10. The summed E-state index contributed by atoms with van der Waals surface area (Å²) in [5, 5.41) is 26.8. The van der Waals surface area contributed by atoms with Gasteiger partial charge in [-0.2, -0.15) is 13.5 Å². The Bertz CT molecular complexity index is 2450. The van der Waals surface area contributed by atoms with Gasteiger partial charge in [0.25, 0.3) is 27.8 Å². The van der Waals surface area contributed by atoms with Crippen LogP contribution in [0.15, 0.2) is 86.5 Å². The number of carboxylic acids is 1. The molecule has 1 atom stereocenters. The minimum absolute atomic E-state index is 0.0185. The van der Waals surface area contributed by atoms with Crippen molar-refractivity contribution in [3.05, 3.63) is 88.3 Å².